The number of nitrogens with zero attached hydrogens (tertiary/aromatic N) is 3. The molecule has 0 aliphatic carbocycles. The molecule has 0 saturated carbocycles. The summed E-state index contributed by atoms with van der Waals surface area (Å²) in [4.78, 5) is 32.8. The summed E-state index contributed by atoms with van der Waals surface area (Å²) in [5, 5.41) is 3.25. The van der Waals surface area contributed by atoms with Gasteiger partial charge in [-0.15, -0.1) is 0 Å². The third kappa shape index (κ3) is 5.34. The Hall–Kier alpha value is -2.23. The van der Waals surface area contributed by atoms with Gasteiger partial charge in [-0.2, -0.15) is 0 Å². The molecule has 3 heterocycles. The molecule has 31 heavy (non-hydrogen) atoms. The lowest BCUT2D eigenvalue weighted by Gasteiger charge is -2.18. The maximum atomic E-state index is 13.3. The smallest absolute Gasteiger partial charge is 0.267 e. The minimum absolute atomic E-state index is 0.0459. The van der Waals surface area contributed by atoms with Crippen molar-refractivity contribution in [1.82, 2.24) is 14.3 Å². The van der Waals surface area contributed by atoms with Gasteiger partial charge in [0, 0.05) is 25.4 Å². The van der Waals surface area contributed by atoms with Gasteiger partial charge in [0.1, 0.15) is 15.8 Å². The first-order valence-corrected chi connectivity index (χ1v) is 11.6. The first-order chi connectivity index (χ1) is 14.7. The van der Waals surface area contributed by atoms with E-state index < -0.39 is 0 Å². The maximum Gasteiger partial charge on any atom is 0.267 e. The fourth-order valence-electron chi connectivity index (χ4n) is 3.18. The number of carbonyl (C=O) groups excluding carboxylic acids is 1. The number of hydrogen-bond acceptors (Lipinski definition) is 7. The molecule has 1 aliphatic rings. The molecule has 2 aromatic rings. The van der Waals surface area contributed by atoms with E-state index in [0.717, 1.165) is 12.0 Å². The van der Waals surface area contributed by atoms with E-state index in [0.29, 0.717) is 39.4 Å². The summed E-state index contributed by atoms with van der Waals surface area (Å²) in [6.45, 7) is 10.9. The van der Waals surface area contributed by atoms with Crippen molar-refractivity contribution in [2.45, 2.75) is 53.2 Å². The van der Waals surface area contributed by atoms with E-state index in [-0.39, 0.29) is 23.6 Å². The van der Waals surface area contributed by atoms with E-state index in [1.165, 1.54) is 16.2 Å². The number of aromatic nitrogens is 2. The first-order valence-electron chi connectivity index (χ1n) is 10.3. The Labute approximate surface area is 191 Å². The van der Waals surface area contributed by atoms with Gasteiger partial charge in [0.15, 0.2) is 0 Å². The Balaban J connectivity index is 1.99. The Morgan fingerprint density at radius 3 is 2.65 bits per heavy atom. The molecule has 0 aromatic carbocycles. The van der Waals surface area contributed by atoms with E-state index in [1.54, 1.807) is 17.2 Å². The highest BCUT2D eigenvalue weighted by Crippen LogP contribution is 2.34. The van der Waals surface area contributed by atoms with Gasteiger partial charge >= 0.3 is 0 Å². The summed E-state index contributed by atoms with van der Waals surface area (Å²) < 4.78 is 7.59. The number of amides is 1. The monoisotopic (exact) mass is 460 g/mol. The molecule has 1 aliphatic heterocycles. The Kier molecular flexibility index (Phi) is 7.51. The van der Waals surface area contributed by atoms with Gasteiger partial charge in [-0.3, -0.25) is 18.9 Å². The van der Waals surface area contributed by atoms with Gasteiger partial charge in [-0.05, 0) is 58.7 Å². The number of anilines is 1. The predicted molar refractivity (Wildman–Crippen MR) is 131 cm³/mol. The molecule has 1 amide bonds. The van der Waals surface area contributed by atoms with E-state index in [2.05, 4.69) is 10.3 Å². The Morgan fingerprint density at radius 2 is 2.00 bits per heavy atom. The molecule has 0 spiro atoms. The zero-order valence-electron chi connectivity index (χ0n) is 18.5. The lowest BCUT2D eigenvalue weighted by Crippen LogP contribution is -2.34. The number of aryl methyl sites for hydroxylation is 1. The standard InChI is InChI=1S/C22H28N4O3S2/c1-13(2)26-21(28)17(31-22(26)30)11-16-19(23-9-6-10-29-14(3)4)24-18-8-7-15(5)12-25(18)20(16)27/h7-8,11-14,23H,6,9-10H2,1-5H3. The number of fused-ring (bicyclic) bond motifs is 1. The zero-order valence-corrected chi connectivity index (χ0v) is 20.1. The molecule has 1 N–H and O–H groups in total. The summed E-state index contributed by atoms with van der Waals surface area (Å²) in [6.07, 6.45) is 4.30. The van der Waals surface area contributed by atoms with Crippen LogP contribution in [-0.2, 0) is 9.53 Å². The van der Waals surface area contributed by atoms with Crippen molar-refractivity contribution in [1.29, 1.82) is 0 Å². The highest BCUT2D eigenvalue weighted by atomic mass is 32.2. The molecular weight excluding hydrogens is 432 g/mol. The molecule has 7 nitrogen and oxygen atoms in total. The average molecular weight is 461 g/mol. The molecule has 1 saturated heterocycles. The average Bonchev–Trinajstić information content (AvgIpc) is 2.97. The van der Waals surface area contributed by atoms with Crippen molar-refractivity contribution < 1.29 is 9.53 Å². The van der Waals surface area contributed by atoms with Crippen LogP contribution in [0.4, 0.5) is 5.82 Å². The fourth-order valence-corrected chi connectivity index (χ4v) is 4.68. The Morgan fingerprint density at radius 1 is 1.26 bits per heavy atom. The highest BCUT2D eigenvalue weighted by molar-refractivity contribution is 8.26. The van der Waals surface area contributed by atoms with Gasteiger partial charge in [0.2, 0.25) is 0 Å². The Bertz CT molecular complexity index is 1090. The highest BCUT2D eigenvalue weighted by Gasteiger charge is 2.34. The van der Waals surface area contributed by atoms with Crippen LogP contribution in [0.5, 0.6) is 0 Å². The number of nitrogens with one attached hydrogen (secondary N) is 1. The summed E-state index contributed by atoms with van der Waals surface area (Å²) in [5.74, 6) is 0.267. The van der Waals surface area contributed by atoms with Gasteiger partial charge < -0.3 is 10.1 Å². The van der Waals surface area contributed by atoms with Gasteiger partial charge in [0.25, 0.3) is 11.5 Å². The molecule has 0 bridgehead atoms. The van der Waals surface area contributed by atoms with Crippen molar-refractivity contribution in [2.24, 2.45) is 0 Å². The molecule has 9 heteroatoms. The largest absolute Gasteiger partial charge is 0.379 e. The number of hydrogen-bond donors (Lipinski definition) is 1. The number of rotatable bonds is 8. The van der Waals surface area contributed by atoms with Crippen LogP contribution in [0, 0.1) is 6.92 Å². The predicted octanol–water partition coefficient (Wildman–Crippen LogP) is 3.84. The van der Waals surface area contributed by atoms with Gasteiger partial charge in [-0.1, -0.05) is 30.0 Å². The van der Waals surface area contributed by atoms with Crippen molar-refractivity contribution in [2.75, 3.05) is 18.5 Å². The third-order valence-electron chi connectivity index (χ3n) is 4.69. The zero-order chi connectivity index (χ0) is 22.7. The van der Waals surface area contributed by atoms with Crippen molar-refractivity contribution in [3.8, 4) is 0 Å². The molecule has 0 atom stereocenters. The second-order valence-electron chi connectivity index (χ2n) is 7.96. The van der Waals surface area contributed by atoms with Crippen LogP contribution in [0.2, 0.25) is 0 Å². The lowest BCUT2D eigenvalue weighted by atomic mass is 10.2. The number of thiocarbonyl (C=S) groups is 1. The third-order valence-corrected chi connectivity index (χ3v) is 6.02. The summed E-state index contributed by atoms with van der Waals surface area (Å²) in [7, 11) is 0. The van der Waals surface area contributed by atoms with Crippen LogP contribution in [0.25, 0.3) is 11.7 Å². The van der Waals surface area contributed by atoms with E-state index in [9.17, 15) is 9.59 Å². The second-order valence-corrected chi connectivity index (χ2v) is 9.63. The van der Waals surface area contributed by atoms with Gasteiger partial charge in [-0.25, -0.2) is 4.98 Å². The number of thioether (sulfide) groups is 1. The lowest BCUT2D eigenvalue weighted by molar-refractivity contribution is -0.123. The SMILES string of the molecule is Cc1ccc2nc(NCCCOC(C)C)c(C=C3SC(=S)N(C(C)C)C3=O)c(=O)n2c1. The number of ether oxygens (including phenoxy) is 1. The molecule has 0 unspecified atom stereocenters. The van der Waals surface area contributed by atoms with Crippen LogP contribution in [0.1, 0.15) is 45.2 Å². The van der Waals surface area contributed by atoms with Crippen LogP contribution in [0.15, 0.2) is 28.0 Å². The minimum atomic E-state index is -0.232. The van der Waals surface area contributed by atoms with E-state index >= 15 is 0 Å². The molecule has 1 fully saturated rings. The van der Waals surface area contributed by atoms with Crippen LogP contribution < -0.4 is 10.9 Å². The van der Waals surface area contributed by atoms with Crippen molar-refractivity contribution in [3.05, 3.63) is 44.7 Å². The second kappa shape index (κ2) is 9.93. The molecule has 2 aromatic heterocycles. The van der Waals surface area contributed by atoms with E-state index in [4.69, 9.17) is 17.0 Å². The summed E-state index contributed by atoms with van der Waals surface area (Å²) in [5.41, 5.74) is 1.60. The van der Waals surface area contributed by atoms with Crippen LogP contribution >= 0.6 is 24.0 Å². The van der Waals surface area contributed by atoms with Crippen LogP contribution in [0.3, 0.4) is 0 Å². The first kappa shape index (κ1) is 23.4. The minimum Gasteiger partial charge on any atom is -0.379 e. The fraction of sp³-hybridized carbons (Fsp3) is 0.455. The topological polar surface area (TPSA) is 75.9 Å². The number of carbonyl (C=O) groups is 1. The maximum absolute atomic E-state index is 13.3. The summed E-state index contributed by atoms with van der Waals surface area (Å²) in [6, 6.07) is 3.68. The summed E-state index contributed by atoms with van der Waals surface area (Å²) >= 11 is 6.58. The van der Waals surface area contributed by atoms with Crippen molar-refractivity contribution >= 4 is 51.7 Å². The molecule has 166 valence electrons. The molecule has 3 rings (SSSR count). The van der Waals surface area contributed by atoms with E-state index in [1.807, 2.05) is 46.8 Å². The normalized spacial score (nSPS) is 15.8. The van der Waals surface area contributed by atoms with Crippen LogP contribution in [-0.4, -0.2) is 49.8 Å². The van der Waals surface area contributed by atoms with Gasteiger partial charge in [0.05, 0.1) is 16.6 Å². The molecular formula is C22H28N4O3S2. The quantitative estimate of drug-likeness (QED) is 0.364. The van der Waals surface area contributed by atoms with Crippen molar-refractivity contribution in [3.63, 3.8) is 0 Å². The number of pyridine rings is 1. The molecule has 0 radical (unpaired) electrons.